The van der Waals surface area contributed by atoms with Crippen LogP contribution < -0.4 is 10.1 Å². The van der Waals surface area contributed by atoms with E-state index < -0.39 is 23.2 Å². The lowest BCUT2D eigenvalue weighted by atomic mass is 9.84. The maximum Gasteiger partial charge on any atom is 0.225 e. The van der Waals surface area contributed by atoms with Gasteiger partial charge in [0.05, 0.1) is 17.7 Å². The standard InChI is InChI=1S/C17H22N2O3/c1-16(2,3)15(21)19-14-13(20)11-8-10(9-18)6-7-12(11)22-17(14,4)5/h6-8,13-14,20H,1-5H3,(H,19,21)/t13-,14+/m1/s1. The number of benzene rings is 1. The molecule has 0 radical (unpaired) electrons. The molecule has 0 fully saturated rings. The molecule has 5 heteroatoms. The summed E-state index contributed by atoms with van der Waals surface area (Å²) in [5.41, 5.74) is -0.355. The molecule has 0 saturated heterocycles. The number of hydrogen-bond acceptors (Lipinski definition) is 4. The SMILES string of the molecule is CC(C)(C)C(=O)N[C@H]1[C@H](O)c2cc(C#N)ccc2OC1(C)C. The minimum Gasteiger partial charge on any atom is -0.485 e. The van der Waals surface area contributed by atoms with E-state index in [4.69, 9.17) is 10.00 Å². The van der Waals surface area contributed by atoms with Gasteiger partial charge in [-0.3, -0.25) is 4.79 Å². The summed E-state index contributed by atoms with van der Waals surface area (Å²) >= 11 is 0. The zero-order valence-electron chi connectivity index (χ0n) is 13.6. The molecule has 22 heavy (non-hydrogen) atoms. The third-order valence-corrected chi connectivity index (χ3v) is 3.86. The summed E-state index contributed by atoms with van der Waals surface area (Å²) in [6.45, 7) is 9.09. The molecule has 5 nitrogen and oxygen atoms in total. The van der Waals surface area contributed by atoms with Gasteiger partial charge in [-0.2, -0.15) is 5.26 Å². The highest BCUT2D eigenvalue weighted by molar-refractivity contribution is 5.82. The molecule has 0 unspecified atom stereocenters. The van der Waals surface area contributed by atoms with Crippen LogP contribution in [0.3, 0.4) is 0 Å². The Morgan fingerprint density at radius 2 is 2.05 bits per heavy atom. The molecule has 2 N–H and O–H groups in total. The van der Waals surface area contributed by atoms with E-state index in [1.807, 2.05) is 40.7 Å². The van der Waals surface area contributed by atoms with Gasteiger partial charge in [-0.15, -0.1) is 0 Å². The van der Waals surface area contributed by atoms with E-state index in [1.54, 1.807) is 18.2 Å². The van der Waals surface area contributed by atoms with E-state index >= 15 is 0 Å². The van der Waals surface area contributed by atoms with Crippen molar-refractivity contribution >= 4 is 5.91 Å². The number of rotatable bonds is 1. The summed E-state index contributed by atoms with van der Waals surface area (Å²) in [7, 11) is 0. The zero-order chi connectivity index (χ0) is 16.7. The molecule has 1 aliphatic heterocycles. The molecule has 1 heterocycles. The lowest BCUT2D eigenvalue weighted by molar-refractivity contribution is -0.133. The molecular weight excluding hydrogens is 280 g/mol. The Bertz CT molecular complexity index is 638. The molecule has 0 aliphatic carbocycles. The highest BCUT2D eigenvalue weighted by Gasteiger charge is 2.45. The van der Waals surface area contributed by atoms with E-state index in [0.29, 0.717) is 16.9 Å². The maximum atomic E-state index is 12.3. The second-order valence-corrected chi connectivity index (χ2v) is 7.22. The predicted octanol–water partition coefficient (Wildman–Crippen LogP) is 2.29. The Morgan fingerprint density at radius 3 is 2.59 bits per heavy atom. The number of nitriles is 1. The Labute approximate surface area is 130 Å². The van der Waals surface area contributed by atoms with Crippen molar-refractivity contribution in [1.29, 1.82) is 5.26 Å². The molecule has 0 spiro atoms. The highest BCUT2D eigenvalue weighted by Crippen LogP contribution is 2.40. The number of nitrogens with zero attached hydrogens (tertiary/aromatic N) is 1. The van der Waals surface area contributed by atoms with Crippen LogP contribution in [-0.2, 0) is 4.79 Å². The van der Waals surface area contributed by atoms with E-state index in [1.165, 1.54) is 0 Å². The van der Waals surface area contributed by atoms with Crippen molar-refractivity contribution in [3.05, 3.63) is 29.3 Å². The number of carbonyl (C=O) groups excluding carboxylic acids is 1. The normalized spacial score (nSPS) is 23.0. The Balaban J connectivity index is 2.39. The van der Waals surface area contributed by atoms with Gasteiger partial charge in [0.15, 0.2) is 0 Å². The number of ether oxygens (including phenoxy) is 1. The van der Waals surface area contributed by atoms with Crippen molar-refractivity contribution < 1.29 is 14.6 Å². The van der Waals surface area contributed by atoms with Crippen LogP contribution >= 0.6 is 0 Å². The fourth-order valence-electron chi connectivity index (χ4n) is 2.46. The van der Waals surface area contributed by atoms with Crippen molar-refractivity contribution in [1.82, 2.24) is 5.32 Å². The van der Waals surface area contributed by atoms with E-state index in [-0.39, 0.29) is 5.91 Å². The molecule has 118 valence electrons. The third kappa shape index (κ3) is 2.93. The summed E-state index contributed by atoms with van der Waals surface area (Å²) in [6.07, 6.45) is -0.932. The minimum atomic E-state index is -0.932. The topological polar surface area (TPSA) is 82.4 Å². The summed E-state index contributed by atoms with van der Waals surface area (Å²) in [4.78, 5) is 12.3. The van der Waals surface area contributed by atoms with Gasteiger partial charge in [-0.25, -0.2) is 0 Å². The van der Waals surface area contributed by atoms with Crippen molar-refractivity contribution in [3.8, 4) is 11.8 Å². The first-order valence-corrected chi connectivity index (χ1v) is 7.28. The first kappa shape index (κ1) is 16.3. The molecular formula is C17H22N2O3. The molecule has 2 atom stereocenters. The van der Waals surface area contributed by atoms with Crippen LogP contribution in [0.5, 0.6) is 5.75 Å². The minimum absolute atomic E-state index is 0.159. The van der Waals surface area contributed by atoms with Crippen molar-refractivity contribution in [2.75, 3.05) is 0 Å². The number of nitrogens with one attached hydrogen (secondary N) is 1. The molecule has 1 aromatic carbocycles. The highest BCUT2D eigenvalue weighted by atomic mass is 16.5. The molecule has 0 bridgehead atoms. The van der Waals surface area contributed by atoms with Crippen LogP contribution in [0.1, 0.15) is 51.8 Å². The third-order valence-electron chi connectivity index (χ3n) is 3.86. The Kier molecular flexibility index (Phi) is 3.92. The fraction of sp³-hybridized carbons (Fsp3) is 0.529. The van der Waals surface area contributed by atoms with Crippen LogP contribution in [-0.4, -0.2) is 22.7 Å². The Hall–Kier alpha value is -2.06. The van der Waals surface area contributed by atoms with Gasteiger partial charge in [0.1, 0.15) is 17.5 Å². The molecule has 2 rings (SSSR count). The van der Waals surface area contributed by atoms with Gasteiger partial charge in [-0.05, 0) is 32.0 Å². The van der Waals surface area contributed by atoms with Crippen molar-refractivity contribution in [2.24, 2.45) is 5.41 Å². The summed E-state index contributed by atoms with van der Waals surface area (Å²) in [5.74, 6) is 0.380. The van der Waals surface area contributed by atoms with E-state index in [2.05, 4.69) is 5.32 Å². The van der Waals surface area contributed by atoms with Crippen LogP contribution in [0.25, 0.3) is 0 Å². The van der Waals surface area contributed by atoms with E-state index in [9.17, 15) is 9.90 Å². The van der Waals surface area contributed by atoms with Crippen molar-refractivity contribution in [2.45, 2.75) is 52.4 Å². The lowest BCUT2D eigenvalue weighted by Gasteiger charge is -2.44. The van der Waals surface area contributed by atoms with Crippen LogP contribution in [0, 0.1) is 16.7 Å². The number of aliphatic hydroxyl groups is 1. The number of carbonyl (C=O) groups is 1. The zero-order valence-corrected chi connectivity index (χ0v) is 13.6. The fourth-order valence-corrected chi connectivity index (χ4v) is 2.46. The van der Waals surface area contributed by atoms with Crippen LogP contribution in [0.15, 0.2) is 18.2 Å². The van der Waals surface area contributed by atoms with Gasteiger partial charge in [-0.1, -0.05) is 20.8 Å². The number of fused-ring (bicyclic) bond motifs is 1. The molecule has 1 amide bonds. The summed E-state index contributed by atoms with van der Waals surface area (Å²) < 4.78 is 5.93. The van der Waals surface area contributed by atoms with E-state index in [0.717, 1.165) is 0 Å². The number of hydrogen-bond donors (Lipinski definition) is 2. The Morgan fingerprint density at radius 1 is 1.41 bits per heavy atom. The monoisotopic (exact) mass is 302 g/mol. The number of amides is 1. The van der Waals surface area contributed by atoms with Gasteiger partial charge in [0, 0.05) is 11.0 Å². The molecule has 0 aromatic heterocycles. The summed E-state index contributed by atoms with van der Waals surface area (Å²) in [6, 6.07) is 6.38. The average molecular weight is 302 g/mol. The van der Waals surface area contributed by atoms with Gasteiger partial charge < -0.3 is 15.2 Å². The van der Waals surface area contributed by atoms with Crippen LogP contribution in [0.4, 0.5) is 0 Å². The smallest absolute Gasteiger partial charge is 0.225 e. The molecule has 0 saturated carbocycles. The first-order valence-electron chi connectivity index (χ1n) is 7.28. The second-order valence-electron chi connectivity index (χ2n) is 7.22. The van der Waals surface area contributed by atoms with Crippen molar-refractivity contribution in [3.63, 3.8) is 0 Å². The quantitative estimate of drug-likeness (QED) is 0.834. The van der Waals surface area contributed by atoms with Gasteiger partial charge >= 0.3 is 0 Å². The maximum absolute atomic E-state index is 12.3. The molecule has 1 aliphatic rings. The van der Waals surface area contributed by atoms with Gasteiger partial charge in [0.25, 0.3) is 0 Å². The lowest BCUT2D eigenvalue weighted by Crippen LogP contribution is -2.59. The van der Waals surface area contributed by atoms with Crippen LogP contribution in [0.2, 0.25) is 0 Å². The number of aliphatic hydroxyl groups excluding tert-OH is 1. The summed E-state index contributed by atoms with van der Waals surface area (Å²) in [5, 5.41) is 22.6. The molecule has 1 aromatic rings. The predicted molar refractivity (Wildman–Crippen MR) is 82.2 cm³/mol. The second kappa shape index (κ2) is 5.29. The first-order chi connectivity index (χ1) is 10.1. The average Bonchev–Trinajstić information content (AvgIpc) is 2.41. The largest absolute Gasteiger partial charge is 0.485 e. The van der Waals surface area contributed by atoms with Gasteiger partial charge in [0.2, 0.25) is 5.91 Å².